The van der Waals surface area contributed by atoms with Gasteiger partial charge in [0.05, 0.1) is 18.8 Å². The fourth-order valence-corrected chi connectivity index (χ4v) is 2.12. The summed E-state index contributed by atoms with van der Waals surface area (Å²) in [4.78, 5) is 11.7. The van der Waals surface area contributed by atoms with Crippen molar-refractivity contribution in [1.29, 1.82) is 0 Å². The second-order valence-electron chi connectivity index (χ2n) is 4.03. The highest BCUT2D eigenvalue weighted by molar-refractivity contribution is 7.98. The first kappa shape index (κ1) is 12.4. The van der Waals surface area contributed by atoms with E-state index in [1.54, 1.807) is 18.7 Å². The number of hydrogen-bond acceptors (Lipinski definition) is 5. The highest BCUT2D eigenvalue weighted by Gasteiger charge is 2.34. The van der Waals surface area contributed by atoms with E-state index >= 15 is 0 Å². The quantitative estimate of drug-likeness (QED) is 0.724. The van der Waals surface area contributed by atoms with Gasteiger partial charge in [-0.2, -0.15) is 11.8 Å². The van der Waals surface area contributed by atoms with Gasteiger partial charge in [-0.05, 0) is 26.0 Å². The minimum atomic E-state index is -0.343. The number of carbonyl (C=O) groups is 1. The predicted octanol–water partition coefficient (Wildman–Crippen LogP) is 1.70. The number of hydrogen-bond donors (Lipinski definition) is 0. The van der Waals surface area contributed by atoms with Gasteiger partial charge in [-0.3, -0.25) is 0 Å². The number of aromatic nitrogens is 3. The van der Waals surface area contributed by atoms with E-state index < -0.39 is 0 Å². The fraction of sp³-hybridized carbons (Fsp3) is 0.727. The molecule has 0 N–H and O–H groups in total. The molecule has 1 fully saturated rings. The van der Waals surface area contributed by atoms with Crippen LogP contribution in [0.15, 0.2) is 0 Å². The van der Waals surface area contributed by atoms with Crippen LogP contribution in [0, 0.1) is 0 Å². The Morgan fingerprint density at radius 3 is 2.94 bits per heavy atom. The van der Waals surface area contributed by atoms with Gasteiger partial charge in [0.2, 0.25) is 0 Å². The molecule has 0 aromatic carbocycles. The lowest BCUT2D eigenvalue weighted by Gasteiger charge is -2.05. The standard InChI is InChI=1S/C11H17N3O2S/c1-3-16-11(15)9-10(8-4-5-8)14(13-12-9)6-7-17-2/h8H,3-7H2,1-2H3. The van der Waals surface area contributed by atoms with Gasteiger partial charge in [0, 0.05) is 11.7 Å². The van der Waals surface area contributed by atoms with E-state index in [1.807, 2.05) is 4.68 Å². The molecule has 0 atom stereocenters. The smallest absolute Gasteiger partial charge is 0.360 e. The van der Waals surface area contributed by atoms with Gasteiger partial charge in [-0.25, -0.2) is 9.48 Å². The van der Waals surface area contributed by atoms with Gasteiger partial charge in [-0.1, -0.05) is 5.21 Å². The van der Waals surface area contributed by atoms with Crippen LogP contribution in [-0.4, -0.2) is 39.6 Å². The summed E-state index contributed by atoms with van der Waals surface area (Å²) in [6.07, 6.45) is 4.30. The molecule has 1 saturated carbocycles. The fourth-order valence-electron chi connectivity index (χ4n) is 1.77. The molecule has 1 aliphatic carbocycles. The first-order valence-electron chi connectivity index (χ1n) is 5.87. The SMILES string of the molecule is CCOC(=O)c1nnn(CCSC)c1C1CC1. The van der Waals surface area contributed by atoms with Crippen LogP contribution in [0.2, 0.25) is 0 Å². The molecule has 1 aromatic rings. The van der Waals surface area contributed by atoms with E-state index in [1.165, 1.54) is 0 Å². The van der Waals surface area contributed by atoms with Gasteiger partial charge < -0.3 is 4.74 Å². The summed E-state index contributed by atoms with van der Waals surface area (Å²) in [5.41, 5.74) is 1.38. The molecule has 0 amide bonds. The number of aryl methyl sites for hydroxylation is 1. The van der Waals surface area contributed by atoms with Crippen LogP contribution in [0.4, 0.5) is 0 Å². The molecule has 0 bridgehead atoms. The average Bonchev–Trinajstić information content (AvgIpc) is 3.07. The molecular formula is C11H17N3O2S. The Morgan fingerprint density at radius 1 is 1.59 bits per heavy atom. The van der Waals surface area contributed by atoms with Gasteiger partial charge in [0.1, 0.15) is 0 Å². The summed E-state index contributed by atoms with van der Waals surface area (Å²) in [6, 6.07) is 0. The van der Waals surface area contributed by atoms with Crippen molar-refractivity contribution in [3.63, 3.8) is 0 Å². The Morgan fingerprint density at radius 2 is 2.35 bits per heavy atom. The van der Waals surface area contributed by atoms with Crippen molar-refractivity contribution in [2.24, 2.45) is 0 Å². The first-order valence-corrected chi connectivity index (χ1v) is 7.26. The van der Waals surface area contributed by atoms with E-state index in [9.17, 15) is 4.79 Å². The van der Waals surface area contributed by atoms with Gasteiger partial charge in [0.15, 0.2) is 5.69 Å². The van der Waals surface area contributed by atoms with Gasteiger partial charge in [-0.15, -0.1) is 5.10 Å². The van der Waals surface area contributed by atoms with Gasteiger partial charge >= 0.3 is 5.97 Å². The maximum atomic E-state index is 11.7. The van der Waals surface area contributed by atoms with E-state index in [0.29, 0.717) is 18.2 Å². The molecule has 1 aromatic heterocycles. The zero-order chi connectivity index (χ0) is 12.3. The first-order chi connectivity index (χ1) is 8.27. The predicted molar refractivity (Wildman–Crippen MR) is 66.3 cm³/mol. The maximum Gasteiger partial charge on any atom is 0.360 e. The third-order valence-corrected chi connectivity index (χ3v) is 3.30. The van der Waals surface area contributed by atoms with Crippen LogP contribution < -0.4 is 0 Å². The minimum absolute atomic E-state index is 0.343. The van der Waals surface area contributed by atoms with Crippen LogP contribution in [0.3, 0.4) is 0 Å². The minimum Gasteiger partial charge on any atom is -0.461 e. The van der Waals surface area contributed by atoms with Crippen molar-refractivity contribution in [2.75, 3.05) is 18.6 Å². The molecule has 0 aliphatic heterocycles. The lowest BCUT2D eigenvalue weighted by molar-refractivity contribution is 0.0518. The zero-order valence-electron chi connectivity index (χ0n) is 10.2. The number of carbonyl (C=O) groups excluding carboxylic acids is 1. The van der Waals surface area contributed by atoms with Crippen LogP contribution in [0.1, 0.15) is 41.9 Å². The van der Waals surface area contributed by atoms with Crippen LogP contribution >= 0.6 is 11.8 Å². The van der Waals surface area contributed by atoms with Crippen LogP contribution in [0.25, 0.3) is 0 Å². The molecule has 0 radical (unpaired) electrons. The molecule has 1 heterocycles. The van der Waals surface area contributed by atoms with E-state index in [-0.39, 0.29) is 5.97 Å². The third kappa shape index (κ3) is 2.80. The zero-order valence-corrected chi connectivity index (χ0v) is 11.0. The van der Waals surface area contributed by atoms with E-state index in [2.05, 4.69) is 16.6 Å². The molecular weight excluding hydrogens is 238 g/mol. The molecule has 2 rings (SSSR count). The molecule has 0 unspecified atom stereocenters. The van der Waals surface area contributed by atoms with Crippen molar-refractivity contribution in [1.82, 2.24) is 15.0 Å². The number of ether oxygens (including phenoxy) is 1. The molecule has 0 spiro atoms. The second-order valence-corrected chi connectivity index (χ2v) is 5.02. The van der Waals surface area contributed by atoms with E-state index in [4.69, 9.17) is 4.74 Å². The van der Waals surface area contributed by atoms with Crippen molar-refractivity contribution < 1.29 is 9.53 Å². The summed E-state index contributed by atoms with van der Waals surface area (Å²) >= 11 is 1.76. The summed E-state index contributed by atoms with van der Waals surface area (Å²) in [5, 5.41) is 8.05. The molecule has 5 nitrogen and oxygen atoms in total. The van der Waals surface area contributed by atoms with Crippen molar-refractivity contribution in [3.05, 3.63) is 11.4 Å². The number of nitrogens with zero attached hydrogens (tertiary/aromatic N) is 3. The summed E-state index contributed by atoms with van der Waals surface area (Å²) in [6.45, 7) is 2.98. The molecule has 1 aliphatic rings. The Bertz CT molecular complexity index is 401. The average molecular weight is 255 g/mol. The van der Waals surface area contributed by atoms with E-state index in [0.717, 1.165) is 30.8 Å². The number of thioether (sulfide) groups is 1. The lowest BCUT2D eigenvalue weighted by atomic mass is 10.2. The van der Waals surface area contributed by atoms with Crippen LogP contribution in [-0.2, 0) is 11.3 Å². The lowest BCUT2D eigenvalue weighted by Crippen LogP contribution is -2.11. The highest BCUT2D eigenvalue weighted by Crippen LogP contribution is 2.41. The Hall–Kier alpha value is -1.04. The molecule has 17 heavy (non-hydrogen) atoms. The second kappa shape index (κ2) is 5.53. The Balaban J connectivity index is 2.20. The molecule has 6 heteroatoms. The monoisotopic (exact) mass is 255 g/mol. The Kier molecular flexibility index (Phi) is 4.04. The van der Waals surface area contributed by atoms with Crippen molar-refractivity contribution in [3.8, 4) is 0 Å². The van der Waals surface area contributed by atoms with Crippen LogP contribution in [0.5, 0.6) is 0 Å². The summed E-state index contributed by atoms with van der Waals surface area (Å²) < 4.78 is 6.87. The van der Waals surface area contributed by atoms with Crippen molar-refractivity contribution >= 4 is 17.7 Å². The number of rotatable bonds is 6. The number of esters is 1. The molecule has 94 valence electrons. The van der Waals surface area contributed by atoms with Crippen molar-refractivity contribution in [2.45, 2.75) is 32.2 Å². The third-order valence-electron chi connectivity index (χ3n) is 2.71. The highest BCUT2D eigenvalue weighted by atomic mass is 32.2. The topological polar surface area (TPSA) is 57.0 Å². The summed E-state index contributed by atoms with van der Waals surface area (Å²) in [7, 11) is 0. The van der Waals surface area contributed by atoms with Gasteiger partial charge in [0.25, 0.3) is 0 Å². The Labute approximate surface area is 105 Å². The summed E-state index contributed by atoms with van der Waals surface area (Å²) in [5.74, 6) is 1.08. The maximum absolute atomic E-state index is 11.7. The molecule has 0 saturated heterocycles. The largest absolute Gasteiger partial charge is 0.461 e. The normalized spacial score (nSPS) is 14.9.